The van der Waals surface area contributed by atoms with E-state index in [2.05, 4.69) is 18.5 Å². The van der Waals surface area contributed by atoms with Crippen molar-refractivity contribution in [3.8, 4) is 12.0 Å². The number of aliphatic hydroxyl groups excluding tert-OH is 1. The number of hydrogen-bond donors (Lipinski definition) is 2. The largest absolute Gasteiger partial charge is 0.462 e. The Balaban J connectivity index is 2.71. The fourth-order valence-corrected chi connectivity index (χ4v) is 0.904. The normalized spacial score (nSPS) is 8.45. The maximum Gasteiger partial charge on any atom is 0.107 e. The Morgan fingerprint density at radius 3 is 2.45 bits per heavy atom. The molecule has 0 aliphatic heterocycles. The van der Waals surface area contributed by atoms with Gasteiger partial charge in [-0.2, -0.15) is 0 Å². The molecular formula is C9H8OS. The topological polar surface area (TPSA) is 20.2 Å². The Hall–Kier alpha value is -1.07. The molecule has 0 aliphatic carbocycles. The molecule has 1 rings (SSSR count). The molecule has 0 atom stereocenters. The number of rotatable bonds is 1. The zero-order chi connectivity index (χ0) is 8.10. The SMILES string of the molecule is OC#CCc1ccc(S)cc1. The molecule has 1 aromatic carbocycles. The first-order valence-electron chi connectivity index (χ1n) is 3.23. The van der Waals surface area contributed by atoms with Gasteiger partial charge in [0.2, 0.25) is 0 Å². The van der Waals surface area contributed by atoms with Gasteiger partial charge in [-0.3, -0.25) is 0 Å². The van der Waals surface area contributed by atoms with Crippen LogP contribution in [0.25, 0.3) is 0 Å². The van der Waals surface area contributed by atoms with E-state index in [1.165, 1.54) is 0 Å². The summed E-state index contributed by atoms with van der Waals surface area (Å²) in [7, 11) is 0. The summed E-state index contributed by atoms with van der Waals surface area (Å²) in [6.07, 6.45) is 2.45. The smallest absolute Gasteiger partial charge is 0.107 e. The Morgan fingerprint density at radius 2 is 1.91 bits per heavy atom. The van der Waals surface area contributed by atoms with Gasteiger partial charge in [0.25, 0.3) is 0 Å². The van der Waals surface area contributed by atoms with Crippen molar-refractivity contribution >= 4 is 12.6 Å². The number of thiol groups is 1. The molecule has 0 fully saturated rings. The van der Waals surface area contributed by atoms with Gasteiger partial charge in [0.15, 0.2) is 0 Å². The van der Waals surface area contributed by atoms with Crippen molar-refractivity contribution in [1.82, 2.24) is 0 Å². The highest BCUT2D eigenvalue weighted by Crippen LogP contribution is 2.07. The van der Waals surface area contributed by atoms with Gasteiger partial charge < -0.3 is 5.11 Å². The fourth-order valence-electron chi connectivity index (χ4n) is 0.755. The summed E-state index contributed by atoms with van der Waals surface area (Å²) >= 11 is 4.14. The lowest BCUT2D eigenvalue weighted by molar-refractivity contribution is 0.516. The predicted molar refractivity (Wildman–Crippen MR) is 47.1 cm³/mol. The summed E-state index contributed by atoms with van der Waals surface area (Å²) < 4.78 is 0. The van der Waals surface area contributed by atoms with Crippen molar-refractivity contribution in [2.75, 3.05) is 0 Å². The minimum atomic E-state index is 0.588. The van der Waals surface area contributed by atoms with Crippen molar-refractivity contribution in [1.29, 1.82) is 0 Å². The standard InChI is InChI=1S/C9H8OS/c10-7-1-2-8-3-5-9(11)6-4-8/h3-6,10-11H,2H2. The average molecular weight is 164 g/mol. The van der Waals surface area contributed by atoms with Gasteiger partial charge in [-0.15, -0.1) is 12.6 Å². The van der Waals surface area contributed by atoms with Crippen molar-refractivity contribution in [3.63, 3.8) is 0 Å². The first-order valence-corrected chi connectivity index (χ1v) is 3.67. The lowest BCUT2D eigenvalue weighted by atomic mass is 10.2. The van der Waals surface area contributed by atoms with E-state index in [1.807, 2.05) is 30.4 Å². The first-order chi connectivity index (χ1) is 5.33. The van der Waals surface area contributed by atoms with Crippen LogP contribution < -0.4 is 0 Å². The molecule has 1 nitrogen and oxygen atoms in total. The molecular weight excluding hydrogens is 156 g/mol. The quantitative estimate of drug-likeness (QED) is 0.479. The lowest BCUT2D eigenvalue weighted by Crippen LogP contribution is -1.79. The summed E-state index contributed by atoms with van der Waals surface area (Å²) in [5, 5.41) is 8.21. The zero-order valence-electron chi connectivity index (χ0n) is 5.91. The van der Waals surface area contributed by atoms with Gasteiger partial charge in [-0.25, -0.2) is 0 Å². The van der Waals surface area contributed by atoms with E-state index >= 15 is 0 Å². The molecule has 0 aliphatic rings. The molecule has 0 heterocycles. The van der Waals surface area contributed by atoms with Crippen molar-refractivity contribution in [2.45, 2.75) is 11.3 Å². The molecule has 2 heteroatoms. The third kappa shape index (κ3) is 2.57. The Bertz CT molecular complexity index is 279. The Labute approximate surface area is 71.5 Å². The fraction of sp³-hybridized carbons (Fsp3) is 0.111. The highest BCUT2D eigenvalue weighted by atomic mass is 32.1. The second-order valence-corrected chi connectivity index (χ2v) is 2.65. The summed E-state index contributed by atoms with van der Waals surface area (Å²) in [6, 6.07) is 7.67. The molecule has 0 amide bonds. The van der Waals surface area contributed by atoms with Crippen LogP contribution in [0.2, 0.25) is 0 Å². The molecule has 0 bridgehead atoms. The van der Waals surface area contributed by atoms with Crippen LogP contribution in [-0.2, 0) is 6.42 Å². The maximum atomic E-state index is 8.21. The number of hydrogen-bond acceptors (Lipinski definition) is 2. The summed E-state index contributed by atoms with van der Waals surface area (Å²) in [6.45, 7) is 0. The van der Waals surface area contributed by atoms with E-state index in [0.29, 0.717) is 6.42 Å². The molecule has 0 spiro atoms. The van der Waals surface area contributed by atoms with Crippen molar-refractivity contribution in [3.05, 3.63) is 29.8 Å². The Morgan fingerprint density at radius 1 is 1.27 bits per heavy atom. The number of aliphatic hydroxyl groups is 1. The molecule has 0 saturated carbocycles. The summed E-state index contributed by atoms with van der Waals surface area (Å²) in [4.78, 5) is 0.936. The minimum Gasteiger partial charge on any atom is -0.462 e. The van der Waals surface area contributed by atoms with Crippen LogP contribution >= 0.6 is 12.6 Å². The van der Waals surface area contributed by atoms with Crippen LogP contribution in [0.4, 0.5) is 0 Å². The van der Waals surface area contributed by atoms with Crippen LogP contribution in [-0.4, -0.2) is 5.11 Å². The third-order valence-electron chi connectivity index (χ3n) is 1.31. The van der Waals surface area contributed by atoms with Crippen LogP contribution in [0.5, 0.6) is 0 Å². The molecule has 0 saturated heterocycles. The minimum absolute atomic E-state index is 0.588. The molecule has 1 N–H and O–H groups in total. The van der Waals surface area contributed by atoms with E-state index in [0.717, 1.165) is 10.5 Å². The van der Waals surface area contributed by atoms with Gasteiger partial charge in [0.05, 0.1) is 0 Å². The van der Waals surface area contributed by atoms with E-state index < -0.39 is 0 Å². The molecule has 0 unspecified atom stereocenters. The van der Waals surface area contributed by atoms with E-state index in [-0.39, 0.29) is 0 Å². The van der Waals surface area contributed by atoms with Gasteiger partial charge >= 0.3 is 0 Å². The van der Waals surface area contributed by atoms with Crippen LogP contribution in [0.3, 0.4) is 0 Å². The monoisotopic (exact) mass is 164 g/mol. The highest BCUT2D eigenvalue weighted by molar-refractivity contribution is 7.80. The molecule has 56 valence electrons. The maximum absolute atomic E-state index is 8.21. The summed E-state index contributed by atoms with van der Waals surface area (Å²) in [5.41, 5.74) is 1.09. The highest BCUT2D eigenvalue weighted by Gasteiger charge is 1.87. The Kier molecular flexibility index (Phi) is 2.88. The van der Waals surface area contributed by atoms with Gasteiger partial charge in [0.1, 0.15) is 6.11 Å². The predicted octanol–water partition coefficient (Wildman–Crippen LogP) is 1.85. The average Bonchev–Trinajstić information content (AvgIpc) is 2.04. The third-order valence-corrected chi connectivity index (χ3v) is 1.61. The van der Waals surface area contributed by atoms with E-state index in [4.69, 9.17) is 5.11 Å². The summed E-state index contributed by atoms with van der Waals surface area (Å²) in [5.74, 6) is 2.56. The number of benzene rings is 1. The van der Waals surface area contributed by atoms with Crippen LogP contribution in [0, 0.1) is 12.0 Å². The van der Waals surface area contributed by atoms with Gasteiger partial charge in [0, 0.05) is 11.3 Å². The molecule has 11 heavy (non-hydrogen) atoms. The van der Waals surface area contributed by atoms with Gasteiger partial charge in [-0.05, 0) is 17.7 Å². The second kappa shape index (κ2) is 3.95. The molecule has 0 radical (unpaired) electrons. The lowest BCUT2D eigenvalue weighted by Gasteiger charge is -1.93. The zero-order valence-corrected chi connectivity index (χ0v) is 6.81. The molecule has 1 aromatic rings. The second-order valence-electron chi connectivity index (χ2n) is 2.13. The van der Waals surface area contributed by atoms with Crippen LogP contribution in [0.15, 0.2) is 29.2 Å². The van der Waals surface area contributed by atoms with Gasteiger partial charge in [-0.1, -0.05) is 18.1 Å². The van der Waals surface area contributed by atoms with Crippen molar-refractivity contribution < 1.29 is 5.11 Å². The van der Waals surface area contributed by atoms with Crippen LogP contribution in [0.1, 0.15) is 5.56 Å². The van der Waals surface area contributed by atoms with E-state index in [9.17, 15) is 0 Å². The molecule has 0 aromatic heterocycles. The van der Waals surface area contributed by atoms with E-state index in [1.54, 1.807) is 0 Å². The van der Waals surface area contributed by atoms with Crippen molar-refractivity contribution in [2.24, 2.45) is 0 Å². The first kappa shape index (κ1) is 8.03.